The first kappa shape index (κ1) is 38.8. The van der Waals surface area contributed by atoms with Crippen LogP contribution in [0.25, 0.3) is 44.6 Å². The van der Waals surface area contributed by atoms with Gasteiger partial charge < -0.3 is 40.5 Å². The largest absolute Gasteiger partial charge is 0.507 e. The van der Waals surface area contributed by atoms with Crippen LogP contribution in [0.4, 0.5) is 16.4 Å². The highest BCUT2D eigenvalue weighted by Gasteiger charge is 2.28. The Morgan fingerprint density at radius 1 is 0.741 bits per heavy atom. The highest BCUT2D eigenvalue weighted by Crippen LogP contribution is 2.35. The second-order valence-corrected chi connectivity index (χ2v) is 15.5. The Morgan fingerprint density at radius 2 is 1.29 bits per heavy atom. The number of nitrogens with two attached hydrogens (primary N) is 1. The highest BCUT2D eigenvalue weighted by atomic mass is 16.6. The number of ether oxygens (including phenoxy) is 2. The van der Waals surface area contributed by atoms with Crippen LogP contribution in [0.15, 0.2) is 84.9 Å². The molecule has 58 heavy (non-hydrogen) atoms. The van der Waals surface area contributed by atoms with Gasteiger partial charge in [0.2, 0.25) is 0 Å². The van der Waals surface area contributed by atoms with Gasteiger partial charge in [0.25, 0.3) is 0 Å². The van der Waals surface area contributed by atoms with E-state index >= 15 is 0 Å². The molecule has 13 heteroatoms. The lowest BCUT2D eigenvalue weighted by Crippen LogP contribution is -2.48. The number of hydrogen-bond donors (Lipinski definition) is 4. The summed E-state index contributed by atoms with van der Waals surface area (Å²) in [4.78, 5) is 36.0. The maximum atomic E-state index is 12.4. The lowest BCUT2D eigenvalue weighted by Gasteiger charge is -2.34. The van der Waals surface area contributed by atoms with E-state index in [-0.39, 0.29) is 29.7 Å². The van der Waals surface area contributed by atoms with Crippen LogP contribution in [-0.2, 0) is 9.47 Å². The quantitative estimate of drug-likeness (QED) is 0.136. The molecule has 3 fully saturated rings. The van der Waals surface area contributed by atoms with E-state index in [0.29, 0.717) is 42.5 Å². The van der Waals surface area contributed by atoms with Crippen molar-refractivity contribution in [2.75, 3.05) is 49.2 Å². The standard InChI is InChI=1S/C25H28N4O4.C20H22N4O/c1-16-8-9-19-21(13-16)27-23(20-6-2-3-7-22(20)30)28-24(19)29-11-4-5-17(14-29)26-25(31)33-18-10-12-32-15-18;1-13-8-9-15-17(11-13)22-19(16-6-2-3-7-18(16)25)23-20(15)24-10-4-5-14(21)12-24/h2-3,6-9,13,17-18,30H,4-5,10-12,14-15H2,1H3,(H,26,31);2-3,6-9,11,14,25H,4-5,10,12,21H2,1H3/t17-,18+;14-/m11/s1. The summed E-state index contributed by atoms with van der Waals surface area (Å²) in [5.74, 6) is 3.08. The zero-order valence-electron chi connectivity index (χ0n) is 33.0. The average Bonchev–Trinajstić information content (AvgIpc) is 3.73. The fraction of sp³-hybridized carbons (Fsp3) is 0.356. The molecule has 0 saturated carbocycles. The van der Waals surface area contributed by atoms with Crippen molar-refractivity contribution in [3.8, 4) is 34.3 Å². The molecule has 6 aromatic rings. The Morgan fingerprint density at radius 3 is 1.83 bits per heavy atom. The van der Waals surface area contributed by atoms with Crippen molar-refractivity contribution >= 4 is 39.5 Å². The summed E-state index contributed by atoms with van der Waals surface area (Å²) in [6.07, 6.45) is 4.08. The Kier molecular flexibility index (Phi) is 11.5. The molecule has 4 aromatic carbocycles. The molecular formula is C45H50N8O5. The fourth-order valence-electron chi connectivity index (χ4n) is 7.94. The minimum absolute atomic E-state index is 0.0439. The SMILES string of the molecule is Cc1ccc2c(N3CCC[C@@H](N)C3)nc(-c3ccccc3O)nc2c1.Cc1ccc2c(N3CCC[C@@H](NC(=O)O[C@H]4CCOC4)C3)nc(-c3ccccc3O)nc2c1. The van der Waals surface area contributed by atoms with Crippen molar-refractivity contribution in [3.05, 3.63) is 96.1 Å². The molecule has 0 bridgehead atoms. The molecule has 1 amide bonds. The number of hydrogen-bond acceptors (Lipinski definition) is 12. The molecule has 13 nitrogen and oxygen atoms in total. The van der Waals surface area contributed by atoms with Crippen LogP contribution in [0.3, 0.4) is 0 Å². The third kappa shape index (κ3) is 8.75. The molecule has 0 radical (unpaired) electrons. The maximum Gasteiger partial charge on any atom is 0.407 e. The van der Waals surface area contributed by atoms with Gasteiger partial charge in [0.15, 0.2) is 11.6 Å². The number of nitrogens with one attached hydrogen (secondary N) is 1. The van der Waals surface area contributed by atoms with Gasteiger partial charge in [-0.2, -0.15) is 0 Å². The van der Waals surface area contributed by atoms with Crippen LogP contribution in [0.2, 0.25) is 0 Å². The van der Waals surface area contributed by atoms with E-state index in [9.17, 15) is 15.0 Å². The molecule has 300 valence electrons. The number of aromatic nitrogens is 4. The van der Waals surface area contributed by atoms with E-state index in [0.717, 1.165) is 96.3 Å². The zero-order chi connectivity index (χ0) is 40.2. The van der Waals surface area contributed by atoms with Crippen LogP contribution in [0.1, 0.15) is 43.2 Å². The summed E-state index contributed by atoms with van der Waals surface area (Å²) in [6.45, 7) is 8.36. The summed E-state index contributed by atoms with van der Waals surface area (Å²) < 4.78 is 10.8. The van der Waals surface area contributed by atoms with Gasteiger partial charge in [0.05, 0.1) is 35.4 Å². The second kappa shape index (κ2) is 17.2. The van der Waals surface area contributed by atoms with Gasteiger partial charge >= 0.3 is 6.09 Å². The van der Waals surface area contributed by atoms with Crippen LogP contribution < -0.4 is 20.9 Å². The Labute approximate surface area is 337 Å². The molecule has 2 aromatic heterocycles. The lowest BCUT2D eigenvalue weighted by atomic mass is 10.0. The number of carbonyl (C=O) groups excluding carboxylic acids is 1. The summed E-state index contributed by atoms with van der Waals surface area (Å²) in [5, 5.41) is 25.6. The van der Waals surface area contributed by atoms with Gasteiger partial charge in [0.1, 0.15) is 29.2 Å². The highest BCUT2D eigenvalue weighted by molar-refractivity contribution is 5.93. The normalized spacial score (nSPS) is 19.5. The van der Waals surface area contributed by atoms with Crippen molar-refractivity contribution in [2.24, 2.45) is 5.73 Å². The minimum Gasteiger partial charge on any atom is -0.507 e. The number of rotatable bonds is 6. The van der Waals surface area contributed by atoms with Gasteiger partial charge in [-0.05, 0) is 99.2 Å². The number of fused-ring (bicyclic) bond motifs is 2. The van der Waals surface area contributed by atoms with Gasteiger partial charge in [-0.3, -0.25) is 0 Å². The Balaban J connectivity index is 0.000000168. The summed E-state index contributed by atoms with van der Waals surface area (Å²) >= 11 is 0. The van der Waals surface area contributed by atoms with Crippen molar-refractivity contribution in [1.29, 1.82) is 0 Å². The number of aromatic hydroxyl groups is 2. The number of nitrogens with zero attached hydrogens (tertiary/aromatic N) is 6. The third-order valence-electron chi connectivity index (χ3n) is 10.9. The fourth-order valence-corrected chi connectivity index (χ4v) is 7.94. The molecule has 5 heterocycles. The predicted octanol–water partition coefficient (Wildman–Crippen LogP) is 7.03. The number of alkyl carbamates (subject to hydrolysis) is 1. The third-order valence-corrected chi connectivity index (χ3v) is 10.9. The first-order valence-corrected chi connectivity index (χ1v) is 20.1. The number of aryl methyl sites for hydroxylation is 2. The second-order valence-electron chi connectivity index (χ2n) is 15.5. The molecule has 3 atom stereocenters. The van der Waals surface area contributed by atoms with Crippen molar-refractivity contribution < 1.29 is 24.5 Å². The number of para-hydroxylation sites is 2. The lowest BCUT2D eigenvalue weighted by molar-refractivity contribution is 0.0803. The Bertz CT molecular complexity index is 2420. The molecular weight excluding hydrogens is 733 g/mol. The van der Waals surface area contributed by atoms with Crippen LogP contribution in [0, 0.1) is 13.8 Å². The molecule has 0 spiro atoms. The first-order valence-electron chi connectivity index (χ1n) is 20.1. The number of anilines is 2. The molecule has 3 aliphatic rings. The van der Waals surface area contributed by atoms with Crippen LogP contribution in [-0.4, -0.2) is 93.8 Å². The zero-order valence-corrected chi connectivity index (χ0v) is 33.0. The van der Waals surface area contributed by atoms with Gasteiger partial charge in [0, 0.05) is 55.5 Å². The van der Waals surface area contributed by atoms with E-state index in [1.807, 2.05) is 43.3 Å². The van der Waals surface area contributed by atoms with E-state index in [1.54, 1.807) is 24.3 Å². The van der Waals surface area contributed by atoms with Crippen molar-refractivity contribution in [3.63, 3.8) is 0 Å². The van der Waals surface area contributed by atoms with E-state index in [1.165, 1.54) is 0 Å². The molecule has 5 N–H and O–H groups in total. The number of benzene rings is 4. The monoisotopic (exact) mass is 782 g/mol. The first-order chi connectivity index (χ1) is 28.2. The van der Waals surface area contributed by atoms with Gasteiger partial charge in [-0.15, -0.1) is 0 Å². The van der Waals surface area contributed by atoms with E-state index < -0.39 is 6.09 Å². The summed E-state index contributed by atoms with van der Waals surface area (Å²) in [5.41, 5.74) is 11.4. The molecule has 0 aliphatic carbocycles. The molecule has 9 rings (SSSR count). The Hall–Kier alpha value is -6.05. The van der Waals surface area contributed by atoms with E-state index in [4.69, 9.17) is 35.1 Å². The van der Waals surface area contributed by atoms with Crippen LogP contribution in [0.5, 0.6) is 11.5 Å². The van der Waals surface area contributed by atoms with Crippen molar-refractivity contribution in [1.82, 2.24) is 25.3 Å². The number of piperidine rings is 2. The maximum absolute atomic E-state index is 12.4. The van der Waals surface area contributed by atoms with E-state index in [2.05, 4.69) is 46.3 Å². The molecule has 3 aliphatic heterocycles. The number of phenolic OH excluding ortho intramolecular Hbond substituents is 2. The predicted molar refractivity (Wildman–Crippen MR) is 226 cm³/mol. The van der Waals surface area contributed by atoms with Crippen LogP contribution >= 0.6 is 0 Å². The van der Waals surface area contributed by atoms with Crippen molar-refractivity contribution in [2.45, 2.75) is 64.1 Å². The molecule has 0 unspecified atom stereocenters. The summed E-state index contributed by atoms with van der Waals surface area (Å²) in [6, 6.07) is 26.8. The number of phenols is 2. The average molecular weight is 783 g/mol. The molecule has 3 saturated heterocycles. The van der Waals surface area contributed by atoms with Gasteiger partial charge in [-0.25, -0.2) is 24.7 Å². The van der Waals surface area contributed by atoms with Gasteiger partial charge in [-0.1, -0.05) is 36.4 Å². The summed E-state index contributed by atoms with van der Waals surface area (Å²) in [7, 11) is 0. The topological polar surface area (TPSA) is 172 Å². The number of carbonyl (C=O) groups is 1. The number of amides is 1. The smallest absolute Gasteiger partial charge is 0.407 e. The minimum atomic E-state index is -0.393.